The number of H-pyrrole nitrogens is 1. The van der Waals surface area contributed by atoms with Crippen LogP contribution in [0.1, 0.15) is 36.2 Å². The van der Waals surface area contributed by atoms with Gasteiger partial charge in [0, 0.05) is 30.6 Å². The van der Waals surface area contributed by atoms with Crippen LogP contribution in [0.5, 0.6) is 5.88 Å². The first-order valence-electron chi connectivity index (χ1n) is 11.2. The second-order valence-corrected chi connectivity index (χ2v) is 8.99. The van der Waals surface area contributed by atoms with Gasteiger partial charge < -0.3 is 19.7 Å². The lowest BCUT2D eigenvalue weighted by atomic mass is 9.94. The maximum absolute atomic E-state index is 12.9. The Labute approximate surface area is 204 Å². The molecule has 0 bridgehead atoms. The fourth-order valence-corrected chi connectivity index (χ4v) is 4.45. The first-order chi connectivity index (χ1) is 16.7. The van der Waals surface area contributed by atoms with Gasteiger partial charge in [-0.1, -0.05) is 11.6 Å². The van der Waals surface area contributed by atoms with E-state index in [-0.39, 0.29) is 42.9 Å². The van der Waals surface area contributed by atoms with Crippen LogP contribution in [0.15, 0.2) is 18.3 Å². The second kappa shape index (κ2) is 10.4. The first-order valence-corrected chi connectivity index (χ1v) is 11.6. The molecule has 190 valence electrons. The minimum atomic E-state index is -4.39. The van der Waals surface area contributed by atoms with E-state index in [9.17, 15) is 22.8 Å². The number of alkyl halides is 3. The molecule has 2 aromatic heterocycles. The van der Waals surface area contributed by atoms with Gasteiger partial charge in [0.15, 0.2) is 6.10 Å². The molecule has 0 aromatic carbocycles. The number of amides is 2. The lowest BCUT2D eigenvalue weighted by Crippen LogP contribution is -2.49. The van der Waals surface area contributed by atoms with Crippen LogP contribution in [0.4, 0.5) is 13.2 Å². The molecule has 2 aliphatic heterocycles. The molecule has 2 saturated heterocycles. The molecule has 2 unspecified atom stereocenters. The SMILES string of the molecule is COc1cc(-c2cc(C(=O)N3CCC(C(=O)NC4CCC(C(F)(F)F)OC4)CC3)[nH]n2)c(Cl)cn1. The number of nitrogens with zero attached hydrogens (tertiary/aromatic N) is 3. The number of carbonyl (C=O) groups excluding carboxylic acids is 2. The number of rotatable bonds is 5. The third-order valence-electron chi connectivity index (χ3n) is 6.26. The minimum Gasteiger partial charge on any atom is -0.481 e. The fraction of sp³-hybridized carbons (Fsp3) is 0.545. The van der Waals surface area contributed by atoms with Gasteiger partial charge in [-0.05, 0) is 31.7 Å². The van der Waals surface area contributed by atoms with Crippen molar-refractivity contribution in [2.75, 3.05) is 26.8 Å². The van der Waals surface area contributed by atoms with Gasteiger partial charge in [-0.15, -0.1) is 0 Å². The zero-order chi connectivity index (χ0) is 25.2. The summed E-state index contributed by atoms with van der Waals surface area (Å²) in [5, 5.41) is 10.1. The molecule has 0 saturated carbocycles. The van der Waals surface area contributed by atoms with Gasteiger partial charge in [-0.3, -0.25) is 14.7 Å². The molecule has 2 amide bonds. The molecule has 4 rings (SSSR count). The molecule has 2 N–H and O–H groups in total. The van der Waals surface area contributed by atoms with E-state index in [1.165, 1.54) is 13.3 Å². The van der Waals surface area contributed by atoms with Crippen molar-refractivity contribution in [1.82, 2.24) is 25.4 Å². The van der Waals surface area contributed by atoms with Crippen LogP contribution >= 0.6 is 11.6 Å². The van der Waals surface area contributed by atoms with E-state index in [0.717, 1.165) is 0 Å². The van der Waals surface area contributed by atoms with Gasteiger partial charge >= 0.3 is 6.18 Å². The highest BCUT2D eigenvalue weighted by molar-refractivity contribution is 6.33. The Morgan fingerprint density at radius 3 is 2.60 bits per heavy atom. The highest BCUT2D eigenvalue weighted by Gasteiger charge is 2.43. The Morgan fingerprint density at radius 1 is 1.23 bits per heavy atom. The lowest BCUT2D eigenvalue weighted by Gasteiger charge is -2.34. The maximum Gasteiger partial charge on any atom is 0.414 e. The predicted molar refractivity (Wildman–Crippen MR) is 119 cm³/mol. The van der Waals surface area contributed by atoms with Crippen molar-refractivity contribution in [1.29, 1.82) is 0 Å². The monoisotopic (exact) mass is 515 g/mol. The number of ether oxygens (including phenoxy) is 2. The number of halogens is 4. The molecule has 2 fully saturated rings. The number of nitrogens with one attached hydrogen (secondary N) is 2. The van der Waals surface area contributed by atoms with Crippen LogP contribution in [-0.2, 0) is 9.53 Å². The van der Waals surface area contributed by atoms with Crippen LogP contribution in [0, 0.1) is 5.92 Å². The number of carbonyl (C=O) groups is 2. The molecule has 2 atom stereocenters. The van der Waals surface area contributed by atoms with Gasteiger partial charge in [0.05, 0.1) is 36.7 Å². The number of pyridine rings is 1. The topological polar surface area (TPSA) is 109 Å². The van der Waals surface area contributed by atoms with E-state index >= 15 is 0 Å². The zero-order valence-electron chi connectivity index (χ0n) is 18.9. The van der Waals surface area contributed by atoms with Gasteiger partial charge in [0.2, 0.25) is 11.8 Å². The number of methoxy groups -OCH3 is 1. The van der Waals surface area contributed by atoms with E-state index < -0.39 is 18.3 Å². The van der Waals surface area contributed by atoms with Crippen LogP contribution in [0.3, 0.4) is 0 Å². The summed E-state index contributed by atoms with van der Waals surface area (Å²) in [6.07, 6.45) is -3.79. The Balaban J connectivity index is 1.28. The molecular weight excluding hydrogens is 491 g/mol. The summed E-state index contributed by atoms with van der Waals surface area (Å²) in [5.41, 5.74) is 1.32. The van der Waals surface area contributed by atoms with Gasteiger partial charge in [-0.2, -0.15) is 18.3 Å². The van der Waals surface area contributed by atoms with Gasteiger partial charge in [-0.25, -0.2) is 4.98 Å². The number of hydrogen-bond acceptors (Lipinski definition) is 6. The molecule has 0 spiro atoms. The van der Waals surface area contributed by atoms with Crippen molar-refractivity contribution in [3.8, 4) is 17.1 Å². The summed E-state index contributed by atoms with van der Waals surface area (Å²) in [5.74, 6) is -0.430. The van der Waals surface area contributed by atoms with E-state index in [0.29, 0.717) is 48.1 Å². The molecule has 0 aliphatic carbocycles. The van der Waals surface area contributed by atoms with Gasteiger partial charge in [0.25, 0.3) is 5.91 Å². The van der Waals surface area contributed by atoms with Gasteiger partial charge in [0.1, 0.15) is 5.69 Å². The summed E-state index contributed by atoms with van der Waals surface area (Å²) >= 11 is 6.20. The predicted octanol–water partition coefficient (Wildman–Crippen LogP) is 3.21. The number of aromatic amines is 1. The molecule has 4 heterocycles. The third kappa shape index (κ3) is 5.87. The van der Waals surface area contributed by atoms with Crippen LogP contribution in [0.2, 0.25) is 5.02 Å². The van der Waals surface area contributed by atoms with Crippen LogP contribution in [0.25, 0.3) is 11.3 Å². The number of likely N-dealkylation sites (tertiary alicyclic amines) is 1. The molecular formula is C22H25ClF3N5O4. The summed E-state index contributed by atoms with van der Waals surface area (Å²) in [4.78, 5) is 31.2. The van der Waals surface area contributed by atoms with Crippen molar-refractivity contribution in [3.05, 3.63) is 29.0 Å². The molecule has 35 heavy (non-hydrogen) atoms. The molecule has 0 radical (unpaired) electrons. The Morgan fingerprint density at radius 2 is 1.97 bits per heavy atom. The van der Waals surface area contributed by atoms with E-state index in [4.69, 9.17) is 21.1 Å². The molecule has 2 aliphatic rings. The van der Waals surface area contributed by atoms with Crippen LogP contribution in [-0.4, -0.2) is 77.0 Å². The van der Waals surface area contributed by atoms with E-state index in [2.05, 4.69) is 20.5 Å². The van der Waals surface area contributed by atoms with E-state index in [1.807, 2.05) is 0 Å². The molecule has 2 aromatic rings. The van der Waals surface area contributed by atoms with Crippen molar-refractivity contribution in [3.63, 3.8) is 0 Å². The van der Waals surface area contributed by atoms with Crippen LogP contribution < -0.4 is 10.1 Å². The summed E-state index contributed by atoms with van der Waals surface area (Å²) in [7, 11) is 1.48. The summed E-state index contributed by atoms with van der Waals surface area (Å²) in [6, 6.07) is 2.78. The Hall–Kier alpha value is -2.86. The molecule has 13 heteroatoms. The standard InChI is InChI=1S/C22H25ClF3N5O4/c1-34-19-8-14(15(23)10-27-19)16-9-17(30-29-16)21(33)31-6-4-12(5-7-31)20(32)28-13-2-3-18(35-11-13)22(24,25)26/h8-10,12-13,18H,2-7,11H2,1H3,(H,28,32)(H,29,30). The smallest absolute Gasteiger partial charge is 0.414 e. The zero-order valence-corrected chi connectivity index (χ0v) is 19.7. The first kappa shape index (κ1) is 25.2. The largest absolute Gasteiger partial charge is 0.481 e. The maximum atomic E-state index is 12.9. The van der Waals surface area contributed by atoms with Crippen molar-refractivity contribution in [2.24, 2.45) is 5.92 Å². The average molecular weight is 516 g/mol. The third-order valence-corrected chi connectivity index (χ3v) is 6.57. The number of piperidine rings is 1. The Bertz CT molecular complexity index is 1060. The summed E-state index contributed by atoms with van der Waals surface area (Å²) < 4.78 is 48.1. The number of hydrogen-bond donors (Lipinski definition) is 2. The van der Waals surface area contributed by atoms with Crippen molar-refractivity contribution >= 4 is 23.4 Å². The lowest BCUT2D eigenvalue weighted by molar-refractivity contribution is -0.232. The van der Waals surface area contributed by atoms with Crippen molar-refractivity contribution in [2.45, 2.75) is 44.0 Å². The van der Waals surface area contributed by atoms with Crippen molar-refractivity contribution < 1.29 is 32.2 Å². The Kier molecular flexibility index (Phi) is 7.50. The summed E-state index contributed by atoms with van der Waals surface area (Å²) in [6.45, 7) is 0.571. The highest BCUT2D eigenvalue weighted by Crippen LogP contribution is 2.31. The number of aromatic nitrogens is 3. The quantitative estimate of drug-likeness (QED) is 0.633. The molecule has 9 nitrogen and oxygen atoms in total. The normalized spacial score (nSPS) is 21.6. The minimum absolute atomic E-state index is 0.164. The van der Waals surface area contributed by atoms with E-state index in [1.54, 1.807) is 17.0 Å². The average Bonchev–Trinajstić information content (AvgIpc) is 3.34. The fourth-order valence-electron chi connectivity index (χ4n) is 4.25. The second-order valence-electron chi connectivity index (χ2n) is 8.59. The highest BCUT2D eigenvalue weighted by atomic mass is 35.5.